The van der Waals surface area contributed by atoms with Crippen LogP contribution in [0.25, 0.3) is 0 Å². The number of carbonyl (C=O) groups is 3. The third-order valence-electron chi connectivity index (χ3n) is 2.56. The molecule has 1 aliphatic heterocycles. The Morgan fingerprint density at radius 2 is 2.00 bits per heavy atom. The SMILES string of the molecule is BC(=O)C1CN(C(=O)OC(C)(C)C)CCC1=O. The number of hydrogen-bond acceptors (Lipinski definition) is 4. The van der Waals surface area contributed by atoms with Gasteiger partial charge in [-0.2, -0.15) is 0 Å². The number of ketones is 1. The Balaban J connectivity index is 2.65. The van der Waals surface area contributed by atoms with Gasteiger partial charge in [-0.25, -0.2) is 4.79 Å². The highest BCUT2D eigenvalue weighted by molar-refractivity contribution is 6.60. The van der Waals surface area contributed by atoms with Crippen molar-refractivity contribution in [3.05, 3.63) is 0 Å². The molecule has 17 heavy (non-hydrogen) atoms. The fourth-order valence-electron chi connectivity index (χ4n) is 1.68. The molecule has 0 aromatic rings. The van der Waals surface area contributed by atoms with Crippen LogP contribution >= 0.6 is 0 Å². The topological polar surface area (TPSA) is 63.7 Å². The molecule has 1 heterocycles. The van der Waals surface area contributed by atoms with Gasteiger partial charge in [0.1, 0.15) is 11.4 Å². The van der Waals surface area contributed by atoms with E-state index in [4.69, 9.17) is 4.74 Å². The summed E-state index contributed by atoms with van der Waals surface area (Å²) in [6, 6.07) is 0. The monoisotopic (exact) mass is 239 g/mol. The summed E-state index contributed by atoms with van der Waals surface area (Å²) < 4.78 is 5.20. The molecule has 0 aliphatic carbocycles. The van der Waals surface area contributed by atoms with Gasteiger partial charge < -0.3 is 14.4 Å². The molecule has 0 N–H and O–H groups in total. The summed E-state index contributed by atoms with van der Waals surface area (Å²) in [5.74, 6) is -0.770. The molecule has 0 aromatic heterocycles. The Labute approximate surface area is 102 Å². The summed E-state index contributed by atoms with van der Waals surface area (Å²) in [6.07, 6.45) is -0.236. The lowest BCUT2D eigenvalue weighted by Crippen LogP contribution is -2.48. The first-order valence-electron chi connectivity index (χ1n) is 5.72. The van der Waals surface area contributed by atoms with Gasteiger partial charge >= 0.3 is 6.09 Å². The van der Waals surface area contributed by atoms with E-state index in [1.807, 2.05) is 0 Å². The van der Waals surface area contributed by atoms with Crippen molar-refractivity contribution in [3.8, 4) is 0 Å². The number of rotatable bonds is 1. The van der Waals surface area contributed by atoms with E-state index in [2.05, 4.69) is 0 Å². The summed E-state index contributed by atoms with van der Waals surface area (Å²) in [5, 5.41) is 0. The maximum absolute atomic E-state index is 11.8. The number of nitrogens with zero attached hydrogens (tertiary/aromatic N) is 1. The Morgan fingerprint density at radius 1 is 1.41 bits per heavy atom. The van der Waals surface area contributed by atoms with Crippen molar-refractivity contribution >= 4 is 25.4 Å². The van der Waals surface area contributed by atoms with E-state index in [0.717, 1.165) is 0 Å². The second kappa shape index (κ2) is 4.90. The van der Waals surface area contributed by atoms with E-state index in [9.17, 15) is 14.4 Å². The normalized spacial score (nSPS) is 21.2. The van der Waals surface area contributed by atoms with E-state index in [1.54, 1.807) is 20.8 Å². The van der Waals surface area contributed by atoms with E-state index in [0.29, 0.717) is 6.54 Å². The third-order valence-corrected chi connectivity index (χ3v) is 2.56. The zero-order valence-electron chi connectivity index (χ0n) is 10.8. The Bertz CT molecular complexity index is 348. The first-order chi connectivity index (χ1) is 7.70. The van der Waals surface area contributed by atoms with Gasteiger partial charge in [0.2, 0.25) is 0 Å². The van der Waals surface area contributed by atoms with Crippen molar-refractivity contribution in [2.75, 3.05) is 13.1 Å². The predicted octanol–water partition coefficient (Wildman–Crippen LogP) is -0.0278. The van der Waals surface area contributed by atoms with Gasteiger partial charge in [-0.15, -0.1) is 0 Å². The Hall–Kier alpha value is -1.33. The zero-order valence-corrected chi connectivity index (χ0v) is 10.8. The number of ether oxygens (including phenoxy) is 1. The molecule has 1 unspecified atom stereocenters. The number of Topliss-reactive ketones (excluding diaryl/α,β-unsaturated/α-hetero) is 1. The summed E-state index contributed by atoms with van der Waals surface area (Å²) >= 11 is 0. The van der Waals surface area contributed by atoms with Crippen LogP contribution in [0.15, 0.2) is 0 Å². The van der Waals surface area contributed by atoms with Crippen molar-refractivity contribution in [1.29, 1.82) is 0 Å². The minimum Gasteiger partial charge on any atom is -0.444 e. The van der Waals surface area contributed by atoms with Crippen molar-refractivity contribution in [2.45, 2.75) is 32.8 Å². The highest BCUT2D eigenvalue weighted by Gasteiger charge is 2.34. The molecule has 0 bridgehead atoms. The van der Waals surface area contributed by atoms with Gasteiger partial charge in [-0.3, -0.25) is 4.79 Å². The van der Waals surface area contributed by atoms with Crippen LogP contribution in [0.3, 0.4) is 0 Å². The first-order valence-corrected chi connectivity index (χ1v) is 5.72. The molecule has 1 saturated heterocycles. The number of piperidine rings is 1. The molecule has 1 atom stereocenters. The second-order valence-corrected chi connectivity index (χ2v) is 5.31. The summed E-state index contributed by atoms with van der Waals surface area (Å²) in [6.45, 7) is 5.81. The van der Waals surface area contributed by atoms with Crippen LogP contribution in [-0.4, -0.2) is 49.0 Å². The molecular formula is C11H18BNO4. The van der Waals surface area contributed by atoms with E-state index < -0.39 is 17.6 Å². The van der Waals surface area contributed by atoms with Crippen molar-refractivity contribution in [1.82, 2.24) is 4.90 Å². The Morgan fingerprint density at radius 3 is 2.47 bits per heavy atom. The van der Waals surface area contributed by atoms with Crippen molar-refractivity contribution in [3.63, 3.8) is 0 Å². The lowest BCUT2D eigenvalue weighted by atomic mass is 9.83. The van der Waals surface area contributed by atoms with Gasteiger partial charge in [-0.1, -0.05) is 0 Å². The predicted molar refractivity (Wildman–Crippen MR) is 64.5 cm³/mol. The highest BCUT2D eigenvalue weighted by atomic mass is 16.6. The first kappa shape index (κ1) is 13.7. The van der Waals surface area contributed by atoms with Crippen molar-refractivity contribution < 1.29 is 19.1 Å². The van der Waals surface area contributed by atoms with E-state index >= 15 is 0 Å². The van der Waals surface area contributed by atoms with Crippen LogP contribution in [0.1, 0.15) is 27.2 Å². The van der Waals surface area contributed by atoms with Crippen LogP contribution in [-0.2, 0) is 14.3 Å². The van der Waals surface area contributed by atoms with Gasteiger partial charge in [-0.05, 0) is 20.8 Å². The van der Waals surface area contributed by atoms with Gasteiger partial charge in [0.05, 0.1) is 11.6 Å². The van der Waals surface area contributed by atoms with Gasteiger partial charge in [0.25, 0.3) is 0 Å². The lowest BCUT2D eigenvalue weighted by Gasteiger charge is -2.32. The standard InChI is InChI=1S/C11H18BNO4/c1-11(2,3)17-10(16)13-5-4-8(14)7(6-13)9(12)15/h7H,4-6,12H2,1-3H3. The second-order valence-electron chi connectivity index (χ2n) is 5.31. The molecular weight excluding hydrogens is 221 g/mol. The molecule has 6 heteroatoms. The van der Waals surface area contributed by atoms with Gasteiger partial charge in [0.15, 0.2) is 7.85 Å². The number of carbonyl (C=O) groups excluding carboxylic acids is 3. The Kier molecular flexibility index (Phi) is 3.96. The van der Waals surface area contributed by atoms with Crippen molar-refractivity contribution in [2.24, 2.45) is 5.92 Å². The molecule has 0 radical (unpaired) electrons. The quantitative estimate of drug-likeness (QED) is 0.476. The molecule has 0 saturated carbocycles. The fourth-order valence-corrected chi connectivity index (χ4v) is 1.68. The number of likely N-dealkylation sites (tertiary alicyclic amines) is 1. The fraction of sp³-hybridized carbons (Fsp3) is 0.727. The average molecular weight is 239 g/mol. The molecule has 94 valence electrons. The molecule has 1 fully saturated rings. The largest absolute Gasteiger partial charge is 0.444 e. The number of hydrogen-bond donors (Lipinski definition) is 0. The molecule has 1 rings (SSSR count). The van der Waals surface area contributed by atoms with Crippen LogP contribution in [0, 0.1) is 5.92 Å². The molecule has 1 amide bonds. The molecule has 1 aliphatic rings. The van der Waals surface area contributed by atoms with E-state index in [-0.39, 0.29) is 24.4 Å². The van der Waals surface area contributed by atoms with E-state index in [1.165, 1.54) is 12.7 Å². The van der Waals surface area contributed by atoms with Crippen LogP contribution in [0.2, 0.25) is 0 Å². The van der Waals surface area contributed by atoms with Gasteiger partial charge in [0, 0.05) is 19.5 Å². The summed E-state index contributed by atoms with van der Waals surface area (Å²) in [4.78, 5) is 36.0. The highest BCUT2D eigenvalue weighted by Crippen LogP contribution is 2.17. The molecule has 5 nitrogen and oxygen atoms in total. The maximum Gasteiger partial charge on any atom is 0.410 e. The summed E-state index contributed by atoms with van der Waals surface area (Å²) in [5.41, 5.74) is -0.757. The zero-order chi connectivity index (χ0) is 13.2. The maximum atomic E-state index is 11.8. The molecule has 0 aromatic carbocycles. The number of amides is 1. The minimum absolute atomic E-state index is 0.0858. The summed E-state index contributed by atoms with van der Waals surface area (Å²) in [7, 11) is 1.38. The lowest BCUT2D eigenvalue weighted by molar-refractivity contribution is -0.131. The average Bonchev–Trinajstić information content (AvgIpc) is 2.14. The van der Waals surface area contributed by atoms with Crippen LogP contribution in [0.5, 0.6) is 0 Å². The van der Waals surface area contributed by atoms with Crippen LogP contribution in [0.4, 0.5) is 4.79 Å². The molecule has 0 spiro atoms. The van der Waals surface area contributed by atoms with Crippen LogP contribution < -0.4 is 0 Å². The smallest absolute Gasteiger partial charge is 0.410 e. The minimum atomic E-state index is -0.684. The third kappa shape index (κ3) is 3.87.